The number of piperidine rings is 1. The first-order valence-corrected chi connectivity index (χ1v) is 8.65. The summed E-state index contributed by atoms with van der Waals surface area (Å²) in [7, 11) is 0. The molecule has 1 aromatic carbocycles. The van der Waals surface area contributed by atoms with Gasteiger partial charge in [0, 0.05) is 31.1 Å². The van der Waals surface area contributed by atoms with Gasteiger partial charge in [0.2, 0.25) is 0 Å². The van der Waals surface area contributed by atoms with E-state index in [0.717, 1.165) is 24.2 Å². The molecule has 126 valence electrons. The maximum atomic E-state index is 12.6. The predicted molar refractivity (Wildman–Crippen MR) is 87.3 cm³/mol. The molecule has 0 radical (unpaired) electrons. The van der Waals surface area contributed by atoms with Crippen molar-refractivity contribution in [1.29, 1.82) is 0 Å². The first kappa shape index (κ1) is 14.5. The summed E-state index contributed by atoms with van der Waals surface area (Å²) in [5.41, 5.74) is 0.256. The van der Waals surface area contributed by atoms with E-state index >= 15 is 0 Å². The highest BCUT2D eigenvalue weighted by atomic mass is 16.5. The highest BCUT2D eigenvalue weighted by molar-refractivity contribution is 5.90. The van der Waals surface area contributed by atoms with Crippen LogP contribution < -0.4 is 4.74 Å². The Balaban J connectivity index is 1.80. The minimum Gasteiger partial charge on any atom is -0.504 e. The Kier molecular flexibility index (Phi) is 2.66. The summed E-state index contributed by atoms with van der Waals surface area (Å²) in [4.78, 5) is 14.9. The number of ether oxygens (including phenoxy) is 1. The zero-order valence-electron chi connectivity index (χ0n) is 13.5. The molecule has 1 saturated heterocycles. The summed E-state index contributed by atoms with van der Waals surface area (Å²) < 4.78 is 5.98. The van der Waals surface area contributed by atoms with Crippen LogP contribution >= 0.6 is 0 Å². The molecule has 2 heterocycles. The van der Waals surface area contributed by atoms with Crippen molar-refractivity contribution in [3.05, 3.63) is 35.9 Å². The summed E-state index contributed by atoms with van der Waals surface area (Å²) in [5, 5.41) is 22.1. The molecule has 1 saturated carbocycles. The Morgan fingerprint density at radius 1 is 1.42 bits per heavy atom. The molecule has 24 heavy (non-hydrogen) atoms. The van der Waals surface area contributed by atoms with Crippen molar-refractivity contribution in [3.8, 4) is 11.5 Å². The van der Waals surface area contributed by atoms with Gasteiger partial charge in [0.25, 0.3) is 0 Å². The van der Waals surface area contributed by atoms with Gasteiger partial charge in [0.1, 0.15) is 0 Å². The molecular weight excluding hydrogens is 306 g/mol. The van der Waals surface area contributed by atoms with Crippen LogP contribution in [-0.4, -0.2) is 51.7 Å². The van der Waals surface area contributed by atoms with Crippen molar-refractivity contribution < 1.29 is 19.7 Å². The molecule has 2 aliphatic heterocycles. The van der Waals surface area contributed by atoms with E-state index in [1.165, 1.54) is 0 Å². The third kappa shape index (κ3) is 1.38. The van der Waals surface area contributed by atoms with Gasteiger partial charge in [-0.2, -0.15) is 0 Å². The van der Waals surface area contributed by atoms with Crippen molar-refractivity contribution in [3.63, 3.8) is 0 Å². The Bertz CT molecular complexity index is 775. The number of ketones is 1. The average Bonchev–Trinajstić information content (AvgIpc) is 2.91. The summed E-state index contributed by atoms with van der Waals surface area (Å²) >= 11 is 0. The van der Waals surface area contributed by atoms with E-state index in [9.17, 15) is 15.0 Å². The Morgan fingerprint density at radius 2 is 2.25 bits per heavy atom. The first-order valence-electron chi connectivity index (χ1n) is 8.65. The number of rotatable bonds is 2. The molecule has 0 amide bonds. The molecule has 5 rings (SSSR count). The van der Waals surface area contributed by atoms with Crippen molar-refractivity contribution in [2.45, 2.75) is 48.8 Å². The van der Waals surface area contributed by atoms with E-state index in [1.54, 1.807) is 6.07 Å². The second kappa shape index (κ2) is 4.41. The molecule has 1 spiro atoms. The van der Waals surface area contributed by atoms with Gasteiger partial charge >= 0.3 is 0 Å². The molecule has 1 unspecified atom stereocenters. The van der Waals surface area contributed by atoms with Gasteiger partial charge in [0.15, 0.2) is 23.4 Å². The number of hydrogen-bond acceptors (Lipinski definition) is 5. The average molecular weight is 327 g/mol. The lowest BCUT2D eigenvalue weighted by atomic mass is 9.49. The van der Waals surface area contributed by atoms with Crippen molar-refractivity contribution in [1.82, 2.24) is 4.90 Å². The number of hydrogen-bond donors (Lipinski definition) is 2. The molecule has 4 atom stereocenters. The molecule has 1 aromatic rings. The van der Waals surface area contributed by atoms with Crippen LogP contribution in [-0.2, 0) is 16.6 Å². The lowest BCUT2D eigenvalue weighted by molar-refractivity contribution is -0.187. The number of aliphatic hydroxyl groups is 1. The van der Waals surface area contributed by atoms with E-state index in [4.69, 9.17) is 4.74 Å². The van der Waals surface area contributed by atoms with Crippen molar-refractivity contribution in [2.75, 3.05) is 13.1 Å². The standard InChI is InChI=1S/C19H21NO4/c1-2-8-20-9-7-18-15-11-3-4-12(21)16(15)24-17(18)13(22)5-6-19(18,23)14(20)10-11/h2-4,14,17,21,23H,1,5-10H2/t14-,17+,18?,19-/m1/s1. The van der Waals surface area contributed by atoms with E-state index in [0.29, 0.717) is 31.4 Å². The van der Waals surface area contributed by atoms with E-state index < -0.39 is 17.1 Å². The fourth-order valence-electron chi connectivity index (χ4n) is 5.80. The van der Waals surface area contributed by atoms with Crippen LogP contribution in [0.2, 0.25) is 0 Å². The maximum Gasteiger partial charge on any atom is 0.174 e. The second-order valence-electron chi connectivity index (χ2n) is 7.56. The number of benzene rings is 1. The highest BCUT2D eigenvalue weighted by Gasteiger charge is 2.72. The number of phenolic OH excluding ortho intramolecular Hbond substituents is 1. The van der Waals surface area contributed by atoms with Gasteiger partial charge in [-0.25, -0.2) is 0 Å². The predicted octanol–water partition coefficient (Wildman–Crippen LogP) is 1.30. The molecule has 2 bridgehead atoms. The lowest BCUT2D eigenvalue weighted by Gasteiger charge is -2.62. The van der Waals surface area contributed by atoms with Gasteiger partial charge in [0.05, 0.1) is 11.0 Å². The summed E-state index contributed by atoms with van der Waals surface area (Å²) in [6.07, 6.45) is 3.35. The van der Waals surface area contributed by atoms with Crippen molar-refractivity contribution in [2.24, 2.45) is 0 Å². The largest absolute Gasteiger partial charge is 0.504 e. The van der Waals surface area contributed by atoms with E-state index in [1.807, 2.05) is 12.1 Å². The minimum absolute atomic E-state index is 0.0408. The van der Waals surface area contributed by atoms with Crippen molar-refractivity contribution >= 4 is 5.78 Å². The van der Waals surface area contributed by atoms with E-state index in [-0.39, 0.29) is 17.6 Å². The fraction of sp³-hybridized carbons (Fsp3) is 0.526. The van der Waals surface area contributed by atoms with Gasteiger partial charge in [-0.15, -0.1) is 6.58 Å². The number of nitrogens with zero attached hydrogens (tertiary/aromatic N) is 1. The van der Waals surface area contributed by atoms with Crippen LogP contribution in [0.3, 0.4) is 0 Å². The van der Waals surface area contributed by atoms with Gasteiger partial charge < -0.3 is 14.9 Å². The van der Waals surface area contributed by atoms with Crippen LogP contribution in [0.15, 0.2) is 24.8 Å². The van der Waals surface area contributed by atoms with Crippen LogP contribution in [0.1, 0.15) is 30.4 Å². The number of carbonyl (C=O) groups excluding carboxylic acids is 1. The number of aromatic hydroxyl groups is 1. The molecular formula is C19H21NO4. The SMILES string of the molecule is C=CCN1CCC23c4c5ccc(O)c4O[C@H]2C(=O)CC[C@@]3(O)[C@H]1C5. The third-order valence-electron chi connectivity index (χ3n) is 6.73. The van der Waals surface area contributed by atoms with Crippen LogP contribution in [0.25, 0.3) is 0 Å². The molecule has 2 fully saturated rings. The smallest absolute Gasteiger partial charge is 0.174 e. The Hall–Kier alpha value is -1.85. The van der Waals surface area contributed by atoms with Gasteiger partial charge in [-0.1, -0.05) is 12.1 Å². The van der Waals surface area contributed by atoms with Crippen LogP contribution in [0, 0.1) is 0 Å². The minimum atomic E-state index is -1.00. The van der Waals surface area contributed by atoms with E-state index in [2.05, 4.69) is 11.5 Å². The fourth-order valence-corrected chi connectivity index (χ4v) is 5.80. The summed E-state index contributed by atoms with van der Waals surface area (Å²) in [6.45, 7) is 5.36. The molecule has 0 aromatic heterocycles. The molecule has 2 aliphatic carbocycles. The first-order chi connectivity index (χ1) is 11.5. The second-order valence-corrected chi connectivity index (χ2v) is 7.56. The molecule has 5 nitrogen and oxygen atoms in total. The third-order valence-corrected chi connectivity index (χ3v) is 6.73. The Labute approximate surface area is 140 Å². The van der Waals surface area contributed by atoms with Crippen LogP contribution in [0.5, 0.6) is 11.5 Å². The van der Waals surface area contributed by atoms with Gasteiger partial charge in [-0.05, 0) is 30.9 Å². The summed E-state index contributed by atoms with van der Waals surface area (Å²) in [5.74, 6) is 0.528. The monoisotopic (exact) mass is 327 g/mol. The zero-order valence-corrected chi connectivity index (χ0v) is 13.5. The lowest BCUT2D eigenvalue weighted by Crippen LogP contribution is -2.76. The number of likely N-dealkylation sites (tertiary alicyclic amines) is 1. The zero-order chi connectivity index (χ0) is 16.7. The number of carbonyl (C=O) groups is 1. The Morgan fingerprint density at radius 3 is 3.04 bits per heavy atom. The molecule has 4 aliphatic rings. The quantitative estimate of drug-likeness (QED) is 0.802. The van der Waals surface area contributed by atoms with Gasteiger partial charge in [-0.3, -0.25) is 9.69 Å². The maximum absolute atomic E-state index is 12.6. The molecule has 5 heteroatoms. The topological polar surface area (TPSA) is 70.0 Å². The number of phenols is 1. The summed E-state index contributed by atoms with van der Waals surface area (Å²) in [6, 6.07) is 3.52. The molecule has 2 N–H and O–H groups in total. The highest BCUT2D eigenvalue weighted by Crippen LogP contribution is 2.64. The number of Topliss-reactive ketones (excluding diaryl/α,β-unsaturated/α-hetero) is 1. The van der Waals surface area contributed by atoms with Crippen LogP contribution in [0.4, 0.5) is 0 Å². The normalized spacial score (nSPS) is 39.3.